The molecule has 2 heteroatoms. The first-order valence-electron chi connectivity index (χ1n) is 6.69. The number of aryl methyl sites for hydroxylation is 2. The molecule has 0 heterocycles. The van der Waals surface area contributed by atoms with E-state index in [2.05, 4.69) is 50.2 Å². The van der Waals surface area contributed by atoms with Crippen molar-refractivity contribution in [3.8, 4) is 5.75 Å². The van der Waals surface area contributed by atoms with E-state index in [0.717, 1.165) is 12.2 Å². The molecule has 0 aliphatic heterocycles. The molecule has 2 N–H and O–H groups in total. The van der Waals surface area contributed by atoms with Gasteiger partial charge in [-0.25, -0.2) is 0 Å². The molecular weight excluding hydrogens is 234 g/mol. The molecule has 0 fully saturated rings. The van der Waals surface area contributed by atoms with Crippen LogP contribution < -0.4 is 10.5 Å². The Morgan fingerprint density at radius 3 is 1.95 bits per heavy atom. The fourth-order valence-electron chi connectivity index (χ4n) is 2.01. The van der Waals surface area contributed by atoms with Gasteiger partial charge in [0.1, 0.15) is 11.9 Å². The van der Waals surface area contributed by atoms with Gasteiger partial charge in [0.05, 0.1) is 0 Å². The minimum Gasteiger partial charge on any atom is -0.486 e. The maximum atomic E-state index is 6.06. The van der Waals surface area contributed by atoms with Crippen molar-refractivity contribution in [2.24, 2.45) is 5.73 Å². The Bertz CT molecular complexity index is 502. The summed E-state index contributed by atoms with van der Waals surface area (Å²) in [6.07, 6.45) is 0.838. The predicted octanol–water partition coefficient (Wildman–Crippen LogP) is 3.77. The lowest BCUT2D eigenvalue weighted by Gasteiger charge is -2.19. The third-order valence-corrected chi connectivity index (χ3v) is 3.18. The van der Waals surface area contributed by atoms with Crippen molar-refractivity contribution in [3.63, 3.8) is 0 Å². The molecule has 0 bridgehead atoms. The van der Waals surface area contributed by atoms with Gasteiger partial charge in [-0.2, -0.15) is 0 Å². The Morgan fingerprint density at radius 2 is 1.42 bits per heavy atom. The first-order chi connectivity index (χ1) is 9.19. The van der Waals surface area contributed by atoms with Crippen LogP contribution in [0.5, 0.6) is 5.75 Å². The molecule has 100 valence electrons. The Hall–Kier alpha value is -1.80. The molecule has 2 nitrogen and oxygen atoms in total. The summed E-state index contributed by atoms with van der Waals surface area (Å²) in [5.41, 5.74) is 9.36. The molecule has 0 aliphatic carbocycles. The van der Waals surface area contributed by atoms with Crippen molar-refractivity contribution >= 4 is 0 Å². The Morgan fingerprint density at radius 1 is 0.895 bits per heavy atom. The van der Waals surface area contributed by atoms with E-state index in [4.69, 9.17) is 10.5 Å². The number of ether oxygens (including phenoxy) is 1. The second-order valence-electron chi connectivity index (χ2n) is 4.91. The van der Waals surface area contributed by atoms with E-state index in [9.17, 15) is 0 Å². The third-order valence-electron chi connectivity index (χ3n) is 3.18. The van der Waals surface area contributed by atoms with Crippen molar-refractivity contribution < 1.29 is 4.74 Å². The van der Waals surface area contributed by atoms with E-state index in [0.29, 0.717) is 6.54 Å². The summed E-state index contributed by atoms with van der Waals surface area (Å²) in [5.74, 6) is 0.893. The van der Waals surface area contributed by atoms with Crippen molar-refractivity contribution in [1.29, 1.82) is 0 Å². The van der Waals surface area contributed by atoms with Gasteiger partial charge in [0.2, 0.25) is 0 Å². The van der Waals surface area contributed by atoms with Crippen LogP contribution in [0.1, 0.15) is 29.2 Å². The SMILES string of the molecule is Cc1ccc(OC(CCN)c2ccc(C)cc2)cc1. The zero-order valence-corrected chi connectivity index (χ0v) is 11.6. The summed E-state index contributed by atoms with van der Waals surface area (Å²) >= 11 is 0. The Labute approximate surface area is 115 Å². The normalized spacial score (nSPS) is 12.2. The summed E-state index contributed by atoms with van der Waals surface area (Å²) in [4.78, 5) is 0. The predicted molar refractivity (Wildman–Crippen MR) is 79.4 cm³/mol. The summed E-state index contributed by atoms with van der Waals surface area (Å²) in [7, 11) is 0. The first-order valence-corrected chi connectivity index (χ1v) is 6.69. The van der Waals surface area contributed by atoms with E-state index in [-0.39, 0.29) is 6.10 Å². The monoisotopic (exact) mass is 255 g/mol. The van der Waals surface area contributed by atoms with Crippen molar-refractivity contribution in [2.45, 2.75) is 26.4 Å². The molecule has 0 aromatic heterocycles. The van der Waals surface area contributed by atoms with Gasteiger partial charge in [-0.1, -0.05) is 47.5 Å². The van der Waals surface area contributed by atoms with Gasteiger partial charge >= 0.3 is 0 Å². The first kappa shape index (κ1) is 13.6. The molecule has 0 saturated carbocycles. The fourth-order valence-corrected chi connectivity index (χ4v) is 2.01. The molecule has 2 aromatic rings. The van der Waals surface area contributed by atoms with Crippen LogP contribution in [0.15, 0.2) is 48.5 Å². The fraction of sp³-hybridized carbons (Fsp3) is 0.294. The van der Waals surface area contributed by atoms with Crippen LogP contribution in [0, 0.1) is 13.8 Å². The average Bonchev–Trinajstić information content (AvgIpc) is 2.42. The minimum atomic E-state index is 0.0216. The summed E-state index contributed by atoms with van der Waals surface area (Å²) in [5, 5.41) is 0. The van der Waals surface area contributed by atoms with E-state index in [1.807, 2.05) is 12.1 Å². The lowest BCUT2D eigenvalue weighted by molar-refractivity contribution is 0.198. The largest absolute Gasteiger partial charge is 0.486 e. The number of nitrogens with two attached hydrogens (primary N) is 1. The van der Waals surface area contributed by atoms with Gasteiger partial charge in [0, 0.05) is 6.42 Å². The maximum Gasteiger partial charge on any atom is 0.125 e. The number of rotatable bonds is 5. The van der Waals surface area contributed by atoms with Crippen LogP contribution in [-0.4, -0.2) is 6.54 Å². The van der Waals surface area contributed by atoms with E-state index in [1.54, 1.807) is 0 Å². The zero-order chi connectivity index (χ0) is 13.7. The van der Waals surface area contributed by atoms with Gasteiger partial charge in [-0.3, -0.25) is 0 Å². The third kappa shape index (κ3) is 3.83. The molecule has 1 unspecified atom stereocenters. The number of hydrogen-bond donors (Lipinski definition) is 1. The van der Waals surface area contributed by atoms with Gasteiger partial charge in [-0.15, -0.1) is 0 Å². The second-order valence-corrected chi connectivity index (χ2v) is 4.91. The molecule has 1 atom stereocenters. The van der Waals surface area contributed by atoms with Crippen molar-refractivity contribution in [3.05, 3.63) is 65.2 Å². The highest BCUT2D eigenvalue weighted by Crippen LogP contribution is 2.25. The van der Waals surface area contributed by atoms with Crippen LogP contribution >= 0.6 is 0 Å². The zero-order valence-electron chi connectivity index (χ0n) is 11.6. The quantitative estimate of drug-likeness (QED) is 0.882. The highest BCUT2D eigenvalue weighted by Gasteiger charge is 2.12. The summed E-state index contributed by atoms with van der Waals surface area (Å²) < 4.78 is 6.06. The Kier molecular flexibility index (Phi) is 4.58. The average molecular weight is 255 g/mol. The smallest absolute Gasteiger partial charge is 0.125 e. The molecule has 0 aliphatic rings. The standard InChI is InChI=1S/C17H21NO/c1-13-3-7-15(8-4-13)17(11-12-18)19-16-9-5-14(2)6-10-16/h3-10,17H,11-12,18H2,1-2H3. The second kappa shape index (κ2) is 6.39. The Balaban J connectivity index is 2.15. The topological polar surface area (TPSA) is 35.2 Å². The van der Waals surface area contributed by atoms with Crippen LogP contribution in [0.2, 0.25) is 0 Å². The molecule has 0 spiro atoms. The summed E-state index contributed by atoms with van der Waals surface area (Å²) in [6.45, 7) is 4.77. The van der Waals surface area contributed by atoms with E-state index >= 15 is 0 Å². The van der Waals surface area contributed by atoms with Crippen LogP contribution in [0.3, 0.4) is 0 Å². The van der Waals surface area contributed by atoms with Crippen molar-refractivity contribution in [1.82, 2.24) is 0 Å². The maximum absolute atomic E-state index is 6.06. The molecule has 0 amide bonds. The molecule has 2 aromatic carbocycles. The van der Waals surface area contributed by atoms with Crippen LogP contribution in [0.4, 0.5) is 0 Å². The lowest BCUT2D eigenvalue weighted by Crippen LogP contribution is -2.13. The van der Waals surface area contributed by atoms with Crippen LogP contribution in [0.25, 0.3) is 0 Å². The molecule has 0 saturated heterocycles. The highest BCUT2D eigenvalue weighted by molar-refractivity contribution is 5.29. The van der Waals surface area contributed by atoms with E-state index < -0.39 is 0 Å². The van der Waals surface area contributed by atoms with Gasteiger partial charge in [-0.05, 0) is 38.1 Å². The number of benzene rings is 2. The van der Waals surface area contributed by atoms with Gasteiger partial charge in [0.25, 0.3) is 0 Å². The minimum absolute atomic E-state index is 0.0216. The molecular formula is C17H21NO. The van der Waals surface area contributed by atoms with E-state index in [1.165, 1.54) is 16.7 Å². The summed E-state index contributed by atoms with van der Waals surface area (Å²) in [6, 6.07) is 16.6. The lowest BCUT2D eigenvalue weighted by atomic mass is 10.0. The van der Waals surface area contributed by atoms with Gasteiger partial charge < -0.3 is 10.5 Å². The van der Waals surface area contributed by atoms with Crippen molar-refractivity contribution in [2.75, 3.05) is 6.54 Å². The van der Waals surface area contributed by atoms with Crippen LogP contribution in [-0.2, 0) is 0 Å². The number of hydrogen-bond acceptors (Lipinski definition) is 2. The molecule has 19 heavy (non-hydrogen) atoms. The highest BCUT2D eigenvalue weighted by atomic mass is 16.5. The van der Waals surface area contributed by atoms with Gasteiger partial charge in [0.15, 0.2) is 0 Å². The molecule has 0 radical (unpaired) electrons. The molecule has 2 rings (SSSR count).